The second-order valence-electron chi connectivity index (χ2n) is 12.6. The molecule has 0 radical (unpaired) electrons. The molecular formula is C46H33N3O. The third-order valence-corrected chi connectivity index (χ3v) is 9.66. The summed E-state index contributed by atoms with van der Waals surface area (Å²) in [6.45, 7) is 0. The van der Waals surface area contributed by atoms with Gasteiger partial charge in [0.25, 0.3) is 0 Å². The van der Waals surface area contributed by atoms with Crippen molar-refractivity contribution in [1.29, 1.82) is 0 Å². The zero-order valence-electron chi connectivity index (χ0n) is 27.3. The zero-order valence-corrected chi connectivity index (χ0v) is 27.3. The standard InChI is InChI=1S/C46H33N3O/c1-6-18-32(19-7-1)43-47-44(33-20-8-2-9-21-33)49-45(48-43)34-30-39(42-38-28-16-17-29-40(38)50-41(42)31-34)46(35-22-10-3-11-23-35,36-24-12-4-13-25-36)37-26-14-5-15-27-37/h1-31,43H,(H,47,48,49). The molecule has 1 aliphatic rings. The van der Waals surface area contributed by atoms with Gasteiger partial charge >= 0.3 is 0 Å². The predicted octanol–water partition coefficient (Wildman–Crippen LogP) is 10.5. The Morgan fingerprint density at radius 2 is 0.940 bits per heavy atom. The first-order valence-electron chi connectivity index (χ1n) is 16.9. The van der Waals surface area contributed by atoms with Crippen molar-refractivity contribution < 1.29 is 4.42 Å². The Morgan fingerprint density at radius 3 is 1.52 bits per heavy atom. The molecule has 4 heteroatoms. The Bertz CT molecular complexity index is 2390. The van der Waals surface area contributed by atoms with Crippen LogP contribution in [0.3, 0.4) is 0 Å². The molecule has 50 heavy (non-hydrogen) atoms. The van der Waals surface area contributed by atoms with E-state index in [2.05, 4.69) is 151 Å². The maximum atomic E-state index is 6.74. The molecule has 1 unspecified atom stereocenters. The summed E-state index contributed by atoms with van der Waals surface area (Å²) in [5, 5.41) is 5.79. The molecule has 238 valence electrons. The fraction of sp³-hybridized carbons (Fsp3) is 0.0435. The van der Waals surface area contributed by atoms with Crippen LogP contribution in [0.5, 0.6) is 0 Å². The van der Waals surface area contributed by atoms with Gasteiger partial charge in [-0.1, -0.05) is 170 Å². The summed E-state index contributed by atoms with van der Waals surface area (Å²) in [6.07, 6.45) is -0.417. The Balaban J connectivity index is 1.38. The molecule has 7 aromatic carbocycles. The average Bonchev–Trinajstić information content (AvgIpc) is 3.59. The summed E-state index contributed by atoms with van der Waals surface area (Å²) in [5.74, 6) is 1.51. The minimum atomic E-state index is -0.699. The molecule has 1 aliphatic heterocycles. The van der Waals surface area contributed by atoms with Gasteiger partial charge in [0.05, 0.1) is 5.41 Å². The van der Waals surface area contributed by atoms with E-state index in [0.29, 0.717) is 0 Å². The van der Waals surface area contributed by atoms with Crippen molar-refractivity contribution in [3.63, 3.8) is 0 Å². The van der Waals surface area contributed by atoms with Gasteiger partial charge < -0.3 is 9.73 Å². The summed E-state index contributed by atoms with van der Waals surface area (Å²) in [6, 6.07) is 65.8. The first-order valence-corrected chi connectivity index (χ1v) is 16.9. The largest absolute Gasteiger partial charge is 0.456 e. The van der Waals surface area contributed by atoms with Gasteiger partial charge in [-0.05, 0) is 46.0 Å². The van der Waals surface area contributed by atoms with Crippen LogP contribution in [0.2, 0.25) is 0 Å². The number of amidine groups is 2. The highest BCUT2D eigenvalue weighted by Gasteiger charge is 2.41. The third kappa shape index (κ3) is 5.01. The SMILES string of the molecule is c1ccc(C2=NC(c3ccccc3)N=C(c3cc(C(c4ccccc4)(c4ccccc4)c4ccccc4)c4c(c3)oc3ccccc34)N2)cc1. The van der Waals surface area contributed by atoms with Crippen LogP contribution in [-0.2, 0) is 5.41 Å². The zero-order chi connectivity index (χ0) is 33.3. The molecule has 0 saturated carbocycles. The number of furan rings is 1. The molecule has 4 nitrogen and oxygen atoms in total. The minimum Gasteiger partial charge on any atom is -0.456 e. The Morgan fingerprint density at radius 1 is 0.460 bits per heavy atom. The van der Waals surface area contributed by atoms with E-state index < -0.39 is 11.6 Å². The van der Waals surface area contributed by atoms with Crippen molar-refractivity contribution in [2.75, 3.05) is 0 Å². The van der Waals surface area contributed by atoms with E-state index in [4.69, 9.17) is 14.4 Å². The van der Waals surface area contributed by atoms with Gasteiger partial charge in [-0.3, -0.25) is 0 Å². The molecule has 0 fully saturated rings. The number of rotatable bonds is 7. The Hall–Kier alpha value is -6.52. The van der Waals surface area contributed by atoms with Crippen LogP contribution in [0.1, 0.15) is 45.1 Å². The average molecular weight is 644 g/mol. The van der Waals surface area contributed by atoms with Crippen LogP contribution in [0.4, 0.5) is 0 Å². The van der Waals surface area contributed by atoms with Crippen LogP contribution < -0.4 is 5.32 Å². The normalized spacial score (nSPS) is 14.6. The lowest BCUT2D eigenvalue weighted by Crippen LogP contribution is -2.36. The van der Waals surface area contributed by atoms with E-state index in [-0.39, 0.29) is 0 Å². The highest BCUT2D eigenvalue weighted by atomic mass is 16.3. The van der Waals surface area contributed by atoms with Gasteiger partial charge in [0.2, 0.25) is 0 Å². The molecule has 8 aromatic rings. The smallest absolute Gasteiger partial charge is 0.169 e. The lowest BCUT2D eigenvalue weighted by Gasteiger charge is -2.37. The fourth-order valence-corrected chi connectivity index (χ4v) is 7.43. The number of fused-ring (bicyclic) bond motifs is 3. The topological polar surface area (TPSA) is 49.9 Å². The summed E-state index contributed by atoms with van der Waals surface area (Å²) in [4.78, 5) is 10.4. The van der Waals surface area contributed by atoms with Gasteiger partial charge in [0, 0.05) is 21.9 Å². The number of aliphatic imine (C=N–C) groups is 2. The van der Waals surface area contributed by atoms with E-state index in [1.165, 1.54) is 0 Å². The van der Waals surface area contributed by atoms with Gasteiger partial charge in [0.1, 0.15) is 22.8 Å². The number of nitrogens with one attached hydrogen (secondary N) is 1. The first kappa shape index (κ1) is 29.6. The van der Waals surface area contributed by atoms with E-state index in [1.807, 2.05) is 42.5 Å². The fourth-order valence-electron chi connectivity index (χ4n) is 7.43. The van der Waals surface area contributed by atoms with E-state index in [9.17, 15) is 0 Å². The van der Waals surface area contributed by atoms with Crippen LogP contribution in [0.15, 0.2) is 202 Å². The van der Waals surface area contributed by atoms with Gasteiger partial charge in [-0.2, -0.15) is 0 Å². The first-order chi connectivity index (χ1) is 24.8. The predicted molar refractivity (Wildman–Crippen MR) is 204 cm³/mol. The van der Waals surface area contributed by atoms with Crippen molar-refractivity contribution in [3.05, 3.63) is 227 Å². The molecule has 0 bridgehead atoms. The third-order valence-electron chi connectivity index (χ3n) is 9.66. The number of benzene rings is 7. The van der Waals surface area contributed by atoms with Crippen molar-refractivity contribution >= 4 is 33.6 Å². The number of hydrogen-bond donors (Lipinski definition) is 1. The summed E-state index contributed by atoms with van der Waals surface area (Å²) < 4.78 is 6.74. The molecule has 0 aliphatic carbocycles. The van der Waals surface area contributed by atoms with E-state index in [1.54, 1.807) is 0 Å². The summed E-state index contributed by atoms with van der Waals surface area (Å²) in [7, 11) is 0. The molecular weight excluding hydrogens is 611 g/mol. The second kappa shape index (κ2) is 12.5. The Labute approximate surface area is 291 Å². The quantitative estimate of drug-likeness (QED) is 0.176. The van der Waals surface area contributed by atoms with Crippen molar-refractivity contribution in [1.82, 2.24) is 5.32 Å². The van der Waals surface area contributed by atoms with Crippen LogP contribution in [0.25, 0.3) is 21.9 Å². The van der Waals surface area contributed by atoms with E-state index >= 15 is 0 Å². The molecule has 1 aromatic heterocycles. The molecule has 2 heterocycles. The molecule has 0 spiro atoms. The number of para-hydroxylation sites is 1. The van der Waals surface area contributed by atoms with Crippen LogP contribution in [0, 0.1) is 0 Å². The Kier molecular flexibility index (Phi) is 7.40. The minimum absolute atomic E-state index is 0.417. The highest BCUT2D eigenvalue weighted by molar-refractivity contribution is 6.18. The van der Waals surface area contributed by atoms with Crippen molar-refractivity contribution in [2.24, 2.45) is 9.98 Å². The molecule has 0 amide bonds. The molecule has 9 rings (SSSR count). The highest BCUT2D eigenvalue weighted by Crippen LogP contribution is 2.49. The van der Waals surface area contributed by atoms with Gasteiger partial charge in [-0.25, -0.2) is 9.98 Å². The second-order valence-corrected chi connectivity index (χ2v) is 12.6. The molecule has 1 N–H and O–H groups in total. The number of nitrogens with zero attached hydrogens (tertiary/aromatic N) is 2. The monoisotopic (exact) mass is 643 g/mol. The van der Waals surface area contributed by atoms with Crippen molar-refractivity contribution in [3.8, 4) is 0 Å². The van der Waals surface area contributed by atoms with Gasteiger partial charge in [-0.15, -0.1) is 0 Å². The van der Waals surface area contributed by atoms with E-state index in [0.717, 1.165) is 72.6 Å². The van der Waals surface area contributed by atoms with Crippen LogP contribution >= 0.6 is 0 Å². The summed E-state index contributed by atoms with van der Waals surface area (Å²) >= 11 is 0. The van der Waals surface area contributed by atoms with Gasteiger partial charge in [0.15, 0.2) is 6.17 Å². The number of hydrogen-bond acceptors (Lipinski definition) is 4. The maximum absolute atomic E-state index is 6.74. The van der Waals surface area contributed by atoms with Crippen molar-refractivity contribution in [2.45, 2.75) is 11.6 Å². The molecule has 1 atom stereocenters. The summed E-state index contributed by atoms with van der Waals surface area (Å²) in [5.41, 5.74) is 8.48. The lowest BCUT2D eigenvalue weighted by molar-refractivity contribution is 0.667. The lowest BCUT2D eigenvalue weighted by atomic mass is 9.64. The maximum Gasteiger partial charge on any atom is 0.169 e. The van der Waals surface area contributed by atoms with Crippen LogP contribution in [-0.4, -0.2) is 11.7 Å². The molecule has 0 saturated heterocycles.